The molecule has 1 heterocycles. The van der Waals surface area contributed by atoms with Crippen molar-refractivity contribution in [3.8, 4) is 5.69 Å². The second-order valence-electron chi connectivity index (χ2n) is 5.11. The van der Waals surface area contributed by atoms with E-state index in [9.17, 15) is 0 Å². The molecule has 1 N–H and O–H groups in total. The molecule has 1 aromatic carbocycles. The Labute approximate surface area is 106 Å². The van der Waals surface area contributed by atoms with Crippen LogP contribution in [0.1, 0.15) is 25.6 Å². The molecule has 1 aliphatic rings. The van der Waals surface area contributed by atoms with E-state index in [1.165, 1.54) is 12.8 Å². The summed E-state index contributed by atoms with van der Waals surface area (Å²) >= 11 is 0. The first kappa shape index (κ1) is 11.2. The fourth-order valence-corrected chi connectivity index (χ4v) is 2.45. The van der Waals surface area contributed by atoms with Crippen molar-refractivity contribution in [3.05, 3.63) is 30.1 Å². The maximum Gasteiger partial charge on any atom is 0.153 e. The molecule has 1 aliphatic carbocycles. The van der Waals surface area contributed by atoms with Crippen molar-refractivity contribution in [2.24, 2.45) is 5.92 Å². The summed E-state index contributed by atoms with van der Waals surface area (Å²) < 4.78 is 1.74. The van der Waals surface area contributed by atoms with Gasteiger partial charge in [-0.2, -0.15) is 4.68 Å². The minimum Gasteiger partial charge on any atom is -0.382 e. The van der Waals surface area contributed by atoms with Crippen LogP contribution < -0.4 is 5.32 Å². The molecule has 1 fully saturated rings. The molecule has 5 nitrogen and oxygen atoms in total. The third-order valence-corrected chi connectivity index (χ3v) is 3.46. The summed E-state index contributed by atoms with van der Waals surface area (Å²) in [6.45, 7) is 4.19. The Morgan fingerprint density at radius 2 is 2.17 bits per heavy atom. The predicted octanol–water partition coefficient (Wildman–Crippen LogP) is 2.18. The quantitative estimate of drug-likeness (QED) is 0.897. The fraction of sp³-hybridized carbons (Fsp3) is 0.462. The Morgan fingerprint density at radius 3 is 2.83 bits per heavy atom. The van der Waals surface area contributed by atoms with Crippen LogP contribution in [0.3, 0.4) is 0 Å². The number of tetrazole rings is 1. The molecule has 3 rings (SSSR count). The summed E-state index contributed by atoms with van der Waals surface area (Å²) in [5.74, 6) is 1.65. The number of aryl methyl sites for hydroxylation is 1. The van der Waals surface area contributed by atoms with E-state index >= 15 is 0 Å². The van der Waals surface area contributed by atoms with Crippen LogP contribution in [0.5, 0.6) is 0 Å². The lowest BCUT2D eigenvalue weighted by Crippen LogP contribution is -2.33. The summed E-state index contributed by atoms with van der Waals surface area (Å²) in [4.78, 5) is 0. The molecule has 1 aromatic heterocycles. The van der Waals surface area contributed by atoms with Crippen LogP contribution in [-0.4, -0.2) is 26.2 Å². The van der Waals surface area contributed by atoms with Gasteiger partial charge < -0.3 is 5.32 Å². The van der Waals surface area contributed by atoms with Crippen molar-refractivity contribution in [2.45, 2.75) is 32.7 Å². The number of benzene rings is 1. The predicted molar refractivity (Wildman–Crippen MR) is 69.7 cm³/mol. The lowest BCUT2D eigenvalue weighted by molar-refractivity contribution is 0.309. The van der Waals surface area contributed by atoms with Gasteiger partial charge in [0.15, 0.2) is 5.82 Å². The van der Waals surface area contributed by atoms with Crippen molar-refractivity contribution < 1.29 is 0 Å². The normalized spacial score (nSPS) is 22.6. The second-order valence-corrected chi connectivity index (χ2v) is 5.11. The van der Waals surface area contributed by atoms with Gasteiger partial charge in [-0.3, -0.25) is 0 Å². The lowest BCUT2D eigenvalue weighted by atomic mass is 9.82. The Balaban J connectivity index is 1.79. The highest BCUT2D eigenvalue weighted by atomic mass is 15.5. The molecule has 0 spiro atoms. The number of hydrogen-bond acceptors (Lipinski definition) is 4. The van der Waals surface area contributed by atoms with Crippen LogP contribution in [-0.2, 0) is 0 Å². The highest BCUT2D eigenvalue weighted by molar-refractivity contribution is 5.51. The number of rotatable bonds is 3. The molecule has 2 aromatic rings. The van der Waals surface area contributed by atoms with Crippen molar-refractivity contribution >= 4 is 5.69 Å². The van der Waals surface area contributed by atoms with Gasteiger partial charge in [-0.15, -0.1) is 5.10 Å². The van der Waals surface area contributed by atoms with Gasteiger partial charge in [-0.05, 0) is 54.3 Å². The molecular formula is C13H17N5. The zero-order chi connectivity index (χ0) is 12.5. The molecule has 5 heteroatoms. The number of nitrogens with one attached hydrogen (secondary N) is 1. The average Bonchev–Trinajstić information content (AvgIpc) is 2.74. The first-order valence-corrected chi connectivity index (χ1v) is 6.34. The minimum atomic E-state index is 0.616. The van der Waals surface area contributed by atoms with Gasteiger partial charge in [0.1, 0.15) is 0 Å². The summed E-state index contributed by atoms with van der Waals surface area (Å²) in [6, 6.07) is 8.84. The van der Waals surface area contributed by atoms with E-state index in [-0.39, 0.29) is 0 Å². The summed E-state index contributed by atoms with van der Waals surface area (Å²) in [6.07, 6.45) is 2.52. The summed E-state index contributed by atoms with van der Waals surface area (Å²) in [7, 11) is 0. The van der Waals surface area contributed by atoms with E-state index < -0.39 is 0 Å². The molecule has 18 heavy (non-hydrogen) atoms. The van der Waals surface area contributed by atoms with Crippen molar-refractivity contribution in [1.82, 2.24) is 20.2 Å². The van der Waals surface area contributed by atoms with Gasteiger partial charge in [-0.25, -0.2) is 0 Å². The standard InChI is InChI=1S/C13H17N5/c1-9-6-12(7-9)14-11-4-3-5-13(8-11)18-10(2)15-16-17-18/h3-5,8-9,12,14H,6-7H2,1-2H3. The van der Waals surface area contributed by atoms with Crippen molar-refractivity contribution in [3.63, 3.8) is 0 Å². The molecule has 94 valence electrons. The van der Waals surface area contributed by atoms with Crippen LogP contribution in [0, 0.1) is 12.8 Å². The average molecular weight is 243 g/mol. The monoisotopic (exact) mass is 243 g/mol. The van der Waals surface area contributed by atoms with Crippen molar-refractivity contribution in [1.29, 1.82) is 0 Å². The van der Waals surface area contributed by atoms with E-state index in [1.807, 2.05) is 19.1 Å². The van der Waals surface area contributed by atoms with E-state index in [1.54, 1.807) is 4.68 Å². The first-order valence-electron chi connectivity index (χ1n) is 6.34. The van der Waals surface area contributed by atoms with Gasteiger partial charge in [0.2, 0.25) is 0 Å². The molecule has 0 saturated heterocycles. The lowest BCUT2D eigenvalue weighted by Gasteiger charge is -2.34. The fourth-order valence-electron chi connectivity index (χ4n) is 2.45. The number of nitrogens with zero attached hydrogens (tertiary/aromatic N) is 4. The molecule has 0 atom stereocenters. The number of anilines is 1. The molecule has 0 unspecified atom stereocenters. The van der Waals surface area contributed by atoms with Crippen LogP contribution in [0.15, 0.2) is 24.3 Å². The third-order valence-electron chi connectivity index (χ3n) is 3.46. The van der Waals surface area contributed by atoms with E-state index in [2.05, 4.69) is 39.9 Å². The third kappa shape index (κ3) is 2.08. The van der Waals surface area contributed by atoms with E-state index in [0.717, 1.165) is 23.1 Å². The number of aromatic nitrogens is 4. The largest absolute Gasteiger partial charge is 0.382 e. The Kier molecular flexibility index (Phi) is 2.74. The van der Waals surface area contributed by atoms with E-state index in [4.69, 9.17) is 0 Å². The molecule has 1 saturated carbocycles. The summed E-state index contributed by atoms with van der Waals surface area (Å²) in [5, 5.41) is 15.1. The molecular weight excluding hydrogens is 226 g/mol. The number of hydrogen-bond donors (Lipinski definition) is 1. The van der Waals surface area contributed by atoms with E-state index in [0.29, 0.717) is 6.04 Å². The zero-order valence-electron chi connectivity index (χ0n) is 10.7. The van der Waals surface area contributed by atoms with Crippen LogP contribution in [0.25, 0.3) is 5.69 Å². The molecule has 0 aliphatic heterocycles. The second kappa shape index (κ2) is 4.40. The van der Waals surface area contributed by atoms with Gasteiger partial charge in [-0.1, -0.05) is 13.0 Å². The molecule has 0 amide bonds. The SMILES string of the molecule is Cc1nnnn1-c1cccc(NC2CC(C)C2)c1. The Bertz CT molecular complexity index is 542. The van der Waals surface area contributed by atoms with Gasteiger partial charge in [0, 0.05) is 11.7 Å². The Hall–Kier alpha value is -1.91. The maximum atomic E-state index is 3.98. The van der Waals surface area contributed by atoms with Gasteiger partial charge in [0.05, 0.1) is 5.69 Å². The zero-order valence-corrected chi connectivity index (χ0v) is 10.7. The van der Waals surface area contributed by atoms with Crippen LogP contribution in [0.2, 0.25) is 0 Å². The first-order chi connectivity index (χ1) is 8.72. The highest BCUT2D eigenvalue weighted by Gasteiger charge is 2.24. The van der Waals surface area contributed by atoms with Crippen LogP contribution >= 0.6 is 0 Å². The van der Waals surface area contributed by atoms with Gasteiger partial charge in [0.25, 0.3) is 0 Å². The van der Waals surface area contributed by atoms with Crippen LogP contribution in [0.4, 0.5) is 5.69 Å². The molecule has 0 bridgehead atoms. The highest BCUT2D eigenvalue weighted by Crippen LogP contribution is 2.29. The topological polar surface area (TPSA) is 55.6 Å². The molecule has 0 radical (unpaired) electrons. The van der Waals surface area contributed by atoms with Crippen molar-refractivity contribution in [2.75, 3.05) is 5.32 Å². The maximum absolute atomic E-state index is 3.98. The summed E-state index contributed by atoms with van der Waals surface area (Å²) in [5.41, 5.74) is 2.13. The Morgan fingerprint density at radius 1 is 1.33 bits per heavy atom. The van der Waals surface area contributed by atoms with Gasteiger partial charge >= 0.3 is 0 Å². The smallest absolute Gasteiger partial charge is 0.153 e. The minimum absolute atomic E-state index is 0.616.